The van der Waals surface area contributed by atoms with E-state index in [0.717, 1.165) is 30.1 Å². The topological polar surface area (TPSA) is 12.0 Å². The monoisotopic (exact) mass is 291 g/mol. The molecule has 0 radical (unpaired) electrons. The zero-order valence-electron chi connectivity index (χ0n) is 11.6. The van der Waals surface area contributed by atoms with Crippen LogP contribution in [0, 0.1) is 5.82 Å². The summed E-state index contributed by atoms with van der Waals surface area (Å²) in [7, 11) is 0. The molecule has 1 N–H and O–H groups in total. The largest absolute Gasteiger partial charge is 0.316 e. The van der Waals surface area contributed by atoms with Crippen LogP contribution in [0.5, 0.6) is 0 Å². The van der Waals surface area contributed by atoms with Gasteiger partial charge in [-0.2, -0.15) is 0 Å². The van der Waals surface area contributed by atoms with Crippen molar-refractivity contribution in [2.24, 2.45) is 0 Å². The first kappa shape index (κ1) is 15.0. The minimum absolute atomic E-state index is 0.192. The van der Waals surface area contributed by atoms with Crippen LogP contribution < -0.4 is 5.32 Å². The van der Waals surface area contributed by atoms with Crippen LogP contribution in [0.4, 0.5) is 4.39 Å². The van der Waals surface area contributed by atoms with E-state index in [0.29, 0.717) is 5.92 Å². The lowest BCUT2D eigenvalue weighted by molar-refractivity contribution is 0.590. The van der Waals surface area contributed by atoms with Gasteiger partial charge in [0.1, 0.15) is 5.82 Å². The molecule has 2 rings (SSSR count). The summed E-state index contributed by atoms with van der Waals surface area (Å²) < 4.78 is 13.0. The van der Waals surface area contributed by atoms with Gasteiger partial charge < -0.3 is 5.32 Å². The Morgan fingerprint density at radius 2 is 1.70 bits per heavy atom. The van der Waals surface area contributed by atoms with Crippen molar-refractivity contribution in [3.8, 4) is 0 Å². The summed E-state index contributed by atoms with van der Waals surface area (Å²) in [5, 5.41) is 4.12. The number of hydrogen-bond donors (Lipinski definition) is 1. The molecule has 0 saturated carbocycles. The second-order valence-corrected chi connectivity index (χ2v) is 5.32. The van der Waals surface area contributed by atoms with Gasteiger partial charge in [-0.05, 0) is 48.4 Å². The first-order chi connectivity index (χ1) is 9.69. The van der Waals surface area contributed by atoms with E-state index in [-0.39, 0.29) is 5.82 Å². The molecule has 20 heavy (non-hydrogen) atoms. The molecule has 1 atom stereocenters. The van der Waals surface area contributed by atoms with Crippen molar-refractivity contribution >= 4 is 11.6 Å². The van der Waals surface area contributed by atoms with Gasteiger partial charge in [-0.1, -0.05) is 42.8 Å². The van der Waals surface area contributed by atoms with Gasteiger partial charge in [-0.25, -0.2) is 4.39 Å². The normalized spacial score (nSPS) is 12.3. The van der Waals surface area contributed by atoms with Crippen LogP contribution in [-0.4, -0.2) is 13.1 Å². The first-order valence-electron chi connectivity index (χ1n) is 6.89. The fraction of sp³-hybridized carbons (Fsp3) is 0.294. The van der Waals surface area contributed by atoms with E-state index >= 15 is 0 Å². The summed E-state index contributed by atoms with van der Waals surface area (Å²) in [5.41, 5.74) is 2.39. The highest BCUT2D eigenvalue weighted by molar-refractivity contribution is 6.30. The number of halogens is 2. The Balaban J connectivity index is 2.14. The molecule has 3 heteroatoms. The van der Waals surface area contributed by atoms with Crippen LogP contribution in [0.2, 0.25) is 5.02 Å². The fourth-order valence-electron chi connectivity index (χ4n) is 2.27. The second kappa shape index (κ2) is 7.41. The summed E-state index contributed by atoms with van der Waals surface area (Å²) in [5.74, 6) is 0.138. The summed E-state index contributed by atoms with van der Waals surface area (Å²) in [6.07, 6.45) is 0.913. The predicted molar refractivity (Wildman–Crippen MR) is 82.8 cm³/mol. The van der Waals surface area contributed by atoms with Gasteiger partial charge >= 0.3 is 0 Å². The van der Waals surface area contributed by atoms with Crippen molar-refractivity contribution in [2.75, 3.05) is 13.1 Å². The summed E-state index contributed by atoms with van der Waals surface area (Å²) in [4.78, 5) is 0. The van der Waals surface area contributed by atoms with Crippen molar-refractivity contribution in [3.63, 3.8) is 0 Å². The number of nitrogens with one attached hydrogen (secondary N) is 1. The number of benzene rings is 2. The van der Waals surface area contributed by atoms with Crippen molar-refractivity contribution < 1.29 is 4.39 Å². The summed E-state index contributed by atoms with van der Waals surface area (Å²) >= 11 is 5.91. The quantitative estimate of drug-likeness (QED) is 0.831. The Labute approximate surface area is 124 Å². The highest BCUT2D eigenvalue weighted by Crippen LogP contribution is 2.22. The molecule has 0 aliphatic rings. The maximum Gasteiger partial charge on any atom is 0.123 e. The van der Waals surface area contributed by atoms with Crippen molar-refractivity contribution in [2.45, 2.75) is 19.3 Å². The van der Waals surface area contributed by atoms with Crippen LogP contribution >= 0.6 is 11.6 Å². The third-order valence-electron chi connectivity index (χ3n) is 3.38. The maximum atomic E-state index is 13.0. The molecule has 106 valence electrons. The zero-order valence-corrected chi connectivity index (χ0v) is 12.3. The van der Waals surface area contributed by atoms with E-state index in [2.05, 4.69) is 12.2 Å². The average Bonchev–Trinajstić information content (AvgIpc) is 2.46. The first-order valence-corrected chi connectivity index (χ1v) is 7.27. The Kier molecular flexibility index (Phi) is 5.57. The highest BCUT2D eigenvalue weighted by atomic mass is 35.5. The minimum atomic E-state index is -0.192. The van der Waals surface area contributed by atoms with Crippen LogP contribution in [-0.2, 0) is 6.42 Å². The van der Waals surface area contributed by atoms with Crippen molar-refractivity contribution in [3.05, 3.63) is 70.5 Å². The third-order valence-corrected chi connectivity index (χ3v) is 3.63. The molecule has 0 aliphatic carbocycles. The maximum absolute atomic E-state index is 13.0. The molecule has 0 spiro atoms. The molecule has 2 aromatic carbocycles. The summed E-state index contributed by atoms with van der Waals surface area (Å²) in [6.45, 7) is 3.90. The molecule has 0 aliphatic heterocycles. The zero-order chi connectivity index (χ0) is 14.4. The van der Waals surface area contributed by atoms with Gasteiger partial charge in [-0.3, -0.25) is 0 Å². The molecule has 0 saturated heterocycles. The standard InChI is InChI=1S/C17H19ClFN/c1-2-20-12-15(14-5-9-17(19)10-6-14)11-13-3-7-16(18)8-4-13/h3-10,15,20H,2,11-12H2,1H3. The lowest BCUT2D eigenvalue weighted by atomic mass is 9.92. The van der Waals surface area contributed by atoms with E-state index in [9.17, 15) is 4.39 Å². The number of likely N-dealkylation sites (N-methyl/N-ethyl adjacent to an activating group) is 1. The Morgan fingerprint density at radius 3 is 2.30 bits per heavy atom. The van der Waals surface area contributed by atoms with Gasteiger partial charge in [0.2, 0.25) is 0 Å². The van der Waals surface area contributed by atoms with E-state index in [1.807, 2.05) is 36.4 Å². The predicted octanol–water partition coefficient (Wildman–Crippen LogP) is 4.41. The smallest absolute Gasteiger partial charge is 0.123 e. The van der Waals surface area contributed by atoms with Crippen LogP contribution in [0.15, 0.2) is 48.5 Å². The Morgan fingerprint density at radius 1 is 1.05 bits per heavy atom. The molecular formula is C17H19ClFN. The SMILES string of the molecule is CCNCC(Cc1ccc(Cl)cc1)c1ccc(F)cc1. The van der Waals surface area contributed by atoms with Crippen molar-refractivity contribution in [1.82, 2.24) is 5.32 Å². The van der Waals surface area contributed by atoms with E-state index in [1.54, 1.807) is 0 Å². The molecular weight excluding hydrogens is 273 g/mol. The summed E-state index contributed by atoms with van der Waals surface area (Å²) in [6, 6.07) is 14.7. The fourth-order valence-corrected chi connectivity index (χ4v) is 2.39. The highest BCUT2D eigenvalue weighted by Gasteiger charge is 2.12. The van der Waals surface area contributed by atoms with E-state index in [4.69, 9.17) is 11.6 Å². The average molecular weight is 292 g/mol. The van der Waals surface area contributed by atoms with Gasteiger partial charge in [0.25, 0.3) is 0 Å². The van der Waals surface area contributed by atoms with E-state index in [1.165, 1.54) is 17.7 Å². The molecule has 0 bridgehead atoms. The van der Waals surface area contributed by atoms with Crippen LogP contribution in [0.3, 0.4) is 0 Å². The van der Waals surface area contributed by atoms with Crippen molar-refractivity contribution in [1.29, 1.82) is 0 Å². The van der Waals surface area contributed by atoms with Crippen LogP contribution in [0.1, 0.15) is 24.0 Å². The molecule has 0 fully saturated rings. The molecule has 1 nitrogen and oxygen atoms in total. The molecule has 0 amide bonds. The third kappa shape index (κ3) is 4.32. The molecule has 1 unspecified atom stereocenters. The lowest BCUT2D eigenvalue weighted by Gasteiger charge is -2.18. The molecule has 2 aromatic rings. The molecule has 0 heterocycles. The van der Waals surface area contributed by atoms with Crippen LogP contribution in [0.25, 0.3) is 0 Å². The van der Waals surface area contributed by atoms with Gasteiger partial charge in [-0.15, -0.1) is 0 Å². The lowest BCUT2D eigenvalue weighted by Crippen LogP contribution is -2.22. The number of rotatable bonds is 6. The number of hydrogen-bond acceptors (Lipinski definition) is 1. The second-order valence-electron chi connectivity index (χ2n) is 4.89. The van der Waals surface area contributed by atoms with Gasteiger partial charge in [0, 0.05) is 17.5 Å². The molecule has 0 aromatic heterocycles. The van der Waals surface area contributed by atoms with Gasteiger partial charge in [0.15, 0.2) is 0 Å². The Bertz CT molecular complexity index is 522. The minimum Gasteiger partial charge on any atom is -0.316 e. The van der Waals surface area contributed by atoms with E-state index < -0.39 is 0 Å². The van der Waals surface area contributed by atoms with Gasteiger partial charge in [0.05, 0.1) is 0 Å². The Hall–Kier alpha value is -1.38.